The SMILES string of the molecule is CCOc1ccc(C2=CC3CCC(C2)N3Cc2ccccc2)cc1. The Balaban J connectivity index is 1.51. The van der Waals surface area contributed by atoms with Crippen molar-refractivity contribution in [2.75, 3.05) is 6.61 Å². The van der Waals surface area contributed by atoms with Crippen LogP contribution in [0.3, 0.4) is 0 Å². The summed E-state index contributed by atoms with van der Waals surface area (Å²) in [5, 5.41) is 0. The Morgan fingerprint density at radius 3 is 2.50 bits per heavy atom. The monoisotopic (exact) mass is 319 g/mol. The normalized spacial score (nSPS) is 23.1. The molecule has 0 amide bonds. The lowest BCUT2D eigenvalue weighted by Crippen LogP contribution is -2.37. The molecule has 2 nitrogen and oxygen atoms in total. The molecule has 2 atom stereocenters. The lowest BCUT2D eigenvalue weighted by molar-refractivity contribution is 0.203. The molecule has 2 heterocycles. The Kier molecular flexibility index (Phi) is 4.40. The Hall–Kier alpha value is -2.06. The summed E-state index contributed by atoms with van der Waals surface area (Å²) in [7, 11) is 0. The van der Waals surface area contributed by atoms with Crippen LogP contribution >= 0.6 is 0 Å². The van der Waals surface area contributed by atoms with Crippen molar-refractivity contribution in [1.82, 2.24) is 4.90 Å². The van der Waals surface area contributed by atoms with E-state index >= 15 is 0 Å². The van der Waals surface area contributed by atoms with E-state index in [0.29, 0.717) is 12.1 Å². The van der Waals surface area contributed by atoms with Crippen LogP contribution in [0.5, 0.6) is 5.75 Å². The van der Waals surface area contributed by atoms with Crippen molar-refractivity contribution in [1.29, 1.82) is 0 Å². The summed E-state index contributed by atoms with van der Waals surface area (Å²) in [4.78, 5) is 2.69. The molecule has 24 heavy (non-hydrogen) atoms. The minimum atomic E-state index is 0.588. The van der Waals surface area contributed by atoms with Crippen LogP contribution in [0.4, 0.5) is 0 Å². The van der Waals surface area contributed by atoms with E-state index in [-0.39, 0.29) is 0 Å². The van der Waals surface area contributed by atoms with Gasteiger partial charge in [0, 0.05) is 18.6 Å². The van der Waals surface area contributed by atoms with Gasteiger partial charge in [0.1, 0.15) is 5.75 Å². The lowest BCUT2D eigenvalue weighted by atomic mass is 9.94. The maximum Gasteiger partial charge on any atom is 0.119 e. The highest BCUT2D eigenvalue weighted by Crippen LogP contribution is 2.39. The molecule has 4 rings (SSSR count). The van der Waals surface area contributed by atoms with E-state index < -0.39 is 0 Å². The minimum Gasteiger partial charge on any atom is -0.494 e. The van der Waals surface area contributed by atoms with Crippen LogP contribution in [0.2, 0.25) is 0 Å². The van der Waals surface area contributed by atoms with Crippen LogP contribution in [0.15, 0.2) is 60.7 Å². The number of fused-ring (bicyclic) bond motifs is 2. The molecule has 0 spiro atoms. The highest BCUT2D eigenvalue weighted by molar-refractivity contribution is 5.68. The van der Waals surface area contributed by atoms with Crippen molar-refractivity contribution in [2.24, 2.45) is 0 Å². The molecule has 2 aromatic carbocycles. The number of hydrogen-bond acceptors (Lipinski definition) is 2. The number of ether oxygens (including phenoxy) is 1. The van der Waals surface area contributed by atoms with Gasteiger partial charge in [-0.2, -0.15) is 0 Å². The van der Waals surface area contributed by atoms with Crippen molar-refractivity contribution < 1.29 is 4.74 Å². The van der Waals surface area contributed by atoms with E-state index in [1.54, 1.807) is 0 Å². The van der Waals surface area contributed by atoms with E-state index in [9.17, 15) is 0 Å². The topological polar surface area (TPSA) is 12.5 Å². The molecular weight excluding hydrogens is 294 g/mol. The molecule has 2 unspecified atom stereocenters. The molecule has 0 aliphatic carbocycles. The van der Waals surface area contributed by atoms with Crippen molar-refractivity contribution >= 4 is 5.57 Å². The maximum atomic E-state index is 5.56. The molecule has 2 aliphatic rings. The van der Waals surface area contributed by atoms with Crippen LogP contribution in [-0.2, 0) is 6.54 Å². The quantitative estimate of drug-likeness (QED) is 0.777. The van der Waals surface area contributed by atoms with Gasteiger partial charge in [-0.15, -0.1) is 0 Å². The fourth-order valence-electron chi connectivity index (χ4n) is 4.10. The summed E-state index contributed by atoms with van der Waals surface area (Å²) in [6, 6.07) is 20.7. The average molecular weight is 319 g/mol. The van der Waals surface area contributed by atoms with Gasteiger partial charge in [-0.05, 0) is 55.0 Å². The van der Waals surface area contributed by atoms with Crippen LogP contribution in [0.25, 0.3) is 5.57 Å². The summed E-state index contributed by atoms with van der Waals surface area (Å²) in [6.07, 6.45) is 6.27. The van der Waals surface area contributed by atoms with Crippen LogP contribution < -0.4 is 4.74 Å². The van der Waals surface area contributed by atoms with Gasteiger partial charge in [0.25, 0.3) is 0 Å². The second-order valence-electron chi connectivity index (χ2n) is 6.81. The molecule has 2 heteroatoms. The first-order valence-electron chi connectivity index (χ1n) is 9.07. The Labute approximate surface area is 144 Å². The van der Waals surface area contributed by atoms with E-state index in [2.05, 4.69) is 65.6 Å². The van der Waals surface area contributed by atoms with Gasteiger partial charge >= 0.3 is 0 Å². The van der Waals surface area contributed by atoms with E-state index in [0.717, 1.165) is 25.3 Å². The van der Waals surface area contributed by atoms with E-state index in [1.165, 1.54) is 29.5 Å². The number of rotatable bonds is 5. The highest BCUT2D eigenvalue weighted by atomic mass is 16.5. The van der Waals surface area contributed by atoms with Crippen molar-refractivity contribution in [3.63, 3.8) is 0 Å². The predicted molar refractivity (Wildman–Crippen MR) is 99.0 cm³/mol. The van der Waals surface area contributed by atoms with Gasteiger partial charge < -0.3 is 4.74 Å². The number of benzene rings is 2. The van der Waals surface area contributed by atoms with E-state index in [1.807, 2.05) is 6.92 Å². The van der Waals surface area contributed by atoms with Crippen LogP contribution in [0, 0.1) is 0 Å². The molecule has 2 bridgehead atoms. The molecule has 2 aromatic rings. The predicted octanol–water partition coefficient (Wildman–Crippen LogP) is 4.91. The molecule has 0 saturated carbocycles. The Morgan fingerprint density at radius 1 is 1.00 bits per heavy atom. The summed E-state index contributed by atoms with van der Waals surface area (Å²) in [5.74, 6) is 0.964. The molecule has 124 valence electrons. The highest BCUT2D eigenvalue weighted by Gasteiger charge is 2.36. The molecule has 0 N–H and O–H groups in total. The van der Waals surface area contributed by atoms with Crippen LogP contribution in [-0.4, -0.2) is 23.6 Å². The largest absolute Gasteiger partial charge is 0.494 e. The number of hydrogen-bond donors (Lipinski definition) is 0. The fourth-order valence-corrected chi connectivity index (χ4v) is 4.10. The Bertz CT molecular complexity index is 705. The van der Waals surface area contributed by atoms with Gasteiger partial charge in [0.15, 0.2) is 0 Å². The smallest absolute Gasteiger partial charge is 0.119 e. The fraction of sp³-hybridized carbons (Fsp3) is 0.364. The standard InChI is InChI=1S/C22H25NO/c1-2-24-22-12-8-18(9-13-22)19-14-20-10-11-21(15-19)23(20)16-17-6-4-3-5-7-17/h3-9,12-14,20-21H,2,10-11,15-16H2,1H3. The zero-order valence-corrected chi connectivity index (χ0v) is 14.3. The van der Waals surface area contributed by atoms with Crippen molar-refractivity contribution in [2.45, 2.75) is 44.8 Å². The second kappa shape index (κ2) is 6.82. The van der Waals surface area contributed by atoms with Crippen molar-refractivity contribution in [3.05, 3.63) is 71.8 Å². The third-order valence-electron chi connectivity index (χ3n) is 5.28. The molecule has 0 aromatic heterocycles. The number of nitrogens with zero attached hydrogens (tertiary/aromatic N) is 1. The van der Waals surface area contributed by atoms with Gasteiger partial charge in [-0.1, -0.05) is 48.5 Å². The summed E-state index contributed by atoms with van der Waals surface area (Å²) < 4.78 is 5.56. The molecule has 1 saturated heterocycles. The van der Waals surface area contributed by atoms with Crippen molar-refractivity contribution in [3.8, 4) is 5.75 Å². The molecule has 0 radical (unpaired) electrons. The van der Waals surface area contributed by atoms with Gasteiger partial charge in [0.05, 0.1) is 6.61 Å². The Morgan fingerprint density at radius 2 is 1.79 bits per heavy atom. The van der Waals surface area contributed by atoms with E-state index in [4.69, 9.17) is 4.74 Å². The third kappa shape index (κ3) is 3.11. The third-order valence-corrected chi connectivity index (χ3v) is 5.28. The first kappa shape index (κ1) is 15.5. The molecular formula is C22H25NO. The minimum absolute atomic E-state index is 0.588. The maximum absolute atomic E-state index is 5.56. The zero-order chi connectivity index (χ0) is 16.4. The summed E-state index contributed by atoms with van der Waals surface area (Å²) in [6.45, 7) is 3.82. The average Bonchev–Trinajstić information content (AvgIpc) is 2.85. The van der Waals surface area contributed by atoms with Gasteiger partial charge in [-0.3, -0.25) is 4.90 Å². The summed E-state index contributed by atoms with van der Waals surface area (Å²) >= 11 is 0. The van der Waals surface area contributed by atoms with Gasteiger partial charge in [0.2, 0.25) is 0 Å². The zero-order valence-electron chi connectivity index (χ0n) is 14.3. The van der Waals surface area contributed by atoms with Crippen LogP contribution in [0.1, 0.15) is 37.3 Å². The summed E-state index contributed by atoms with van der Waals surface area (Å²) in [5.41, 5.74) is 4.29. The molecule has 2 aliphatic heterocycles. The first-order chi connectivity index (χ1) is 11.8. The first-order valence-corrected chi connectivity index (χ1v) is 9.07. The lowest BCUT2D eigenvalue weighted by Gasteiger charge is -2.34. The second-order valence-corrected chi connectivity index (χ2v) is 6.81. The molecule has 1 fully saturated rings. The van der Waals surface area contributed by atoms with Gasteiger partial charge in [-0.25, -0.2) is 0 Å².